The van der Waals surface area contributed by atoms with Gasteiger partial charge in [0.2, 0.25) is 10.0 Å². The van der Waals surface area contributed by atoms with Crippen LogP contribution in [0.1, 0.15) is 15.9 Å². The van der Waals surface area contributed by atoms with Crippen molar-refractivity contribution in [3.63, 3.8) is 0 Å². The molecule has 0 bridgehead atoms. The fraction of sp³-hybridized carbons (Fsp3) is 0.0952. The maximum Gasteiger partial charge on any atom is 0.261 e. The molecular weight excluding hydrogens is 509 g/mol. The number of hydrogen-bond donors (Lipinski definition) is 3. The lowest BCUT2D eigenvalue weighted by Crippen LogP contribution is -2.15. The van der Waals surface area contributed by atoms with Crippen molar-refractivity contribution < 1.29 is 21.6 Å². The van der Waals surface area contributed by atoms with Crippen LogP contribution in [-0.2, 0) is 20.0 Å². The molecule has 3 N–H and O–H groups in total. The van der Waals surface area contributed by atoms with E-state index in [0.717, 1.165) is 11.8 Å². The van der Waals surface area contributed by atoms with Gasteiger partial charge in [-0.25, -0.2) is 16.8 Å². The molecule has 1 amide bonds. The Morgan fingerprint density at radius 3 is 1.88 bits per heavy atom. The van der Waals surface area contributed by atoms with Gasteiger partial charge in [0.05, 0.1) is 27.4 Å². The zero-order chi connectivity index (χ0) is 24.4. The van der Waals surface area contributed by atoms with Crippen molar-refractivity contribution in [1.82, 2.24) is 0 Å². The first-order valence-electron chi connectivity index (χ1n) is 9.32. The third-order valence-corrected chi connectivity index (χ3v) is 7.09. The van der Waals surface area contributed by atoms with E-state index in [1.54, 1.807) is 12.1 Å². The summed E-state index contributed by atoms with van der Waals surface area (Å²) >= 11 is 12.2. The minimum Gasteiger partial charge on any atom is -0.322 e. The van der Waals surface area contributed by atoms with Crippen molar-refractivity contribution in [2.75, 3.05) is 21.0 Å². The van der Waals surface area contributed by atoms with Crippen LogP contribution in [-0.4, -0.2) is 29.0 Å². The van der Waals surface area contributed by atoms with Gasteiger partial charge in [-0.3, -0.25) is 14.2 Å². The molecule has 3 aromatic rings. The van der Waals surface area contributed by atoms with Gasteiger partial charge in [0.25, 0.3) is 15.9 Å². The van der Waals surface area contributed by atoms with Gasteiger partial charge in [-0.05, 0) is 67.1 Å². The highest BCUT2D eigenvalue weighted by atomic mass is 35.5. The van der Waals surface area contributed by atoms with Crippen LogP contribution in [0.15, 0.2) is 65.6 Å². The number of amides is 1. The third-order valence-electron chi connectivity index (χ3n) is 4.36. The lowest BCUT2D eigenvalue weighted by molar-refractivity contribution is 0.102. The average molecular weight is 528 g/mol. The van der Waals surface area contributed by atoms with Crippen LogP contribution in [0.5, 0.6) is 0 Å². The predicted octanol–water partition coefficient (Wildman–Crippen LogP) is 4.73. The van der Waals surface area contributed by atoms with E-state index >= 15 is 0 Å². The highest BCUT2D eigenvalue weighted by molar-refractivity contribution is 7.92. The molecular formula is C21H19Cl2N3O5S2. The van der Waals surface area contributed by atoms with Crippen molar-refractivity contribution in [2.45, 2.75) is 11.8 Å². The third kappa shape index (κ3) is 6.61. The van der Waals surface area contributed by atoms with Gasteiger partial charge in [0, 0.05) is 16.4 Å². The molecule has 0 aliphatic rings. The normalized spacial score (nSPS) is 11.6. The summed E-state index contributed by atoms with van der Waals surface area (Å²) in [5.74, 6) is -0.547. The summed E-state index contributed by atoms with van der Waals surface area (Å²) in [6, 6.07) is 14.5. The number of sulfonamides is 2. The largest absolute Gasteiger partial charge is 0.322 e. The van der Waals surface area contributed by atoms with Crippen LogP contribution in [0.25, 0.3) is 0 Å². The zero-order valence-corrected chi connectivity index (χ0v) is 20.5. The number of anilines is 3. The molecule has 0 saturated heterocycles. The van der Waals surface area contributed by atoms with E-state index in [4.69, 9.17) is 23.2 Å². The molecule has 3 rings (SSSR count). The minimum absolute atomic E-state index is 0.00793. The Bertz CT molecular complexity index is 1420. The number of hydrogen-bond acceptors (Lipinski definition) is 5. The molecule has 0 aliphatic heterocycles. The molecule has 0 radical (unpaired) electrons. The summed E-state index contributed by atoms with van der Waals surface area (Å²) in [4.78, 5) is 12.5. The summed E-state index contributed by atoms with van der Waals surface area (Å²) in [5.41, 5.74) is 1.82. The van der Waals surface area contributed by atoms with Crippen molar-refractivity contribution in [1.29, 1.82) is 0 Å². The van der Waals surface area contributed by atoms with Crippen molar-refractivity contribution in [2.24, 2.45) is 0 Å². The quantitative estimate of drug-likeness (QED) is 0.410. The standard InChI is InChI=1S/C21H19Cl2N3O5S2/c1-13-3-4-16(11-19(13)22)26-33(30,31)17-8-5-14(6-9-17)24-21(27)18-10-7-15(12-20(18)23)25-32(2,28)29/h3-12,25-26H,1-2H3,(H,24,27). The Hall–Kier alpha value is -2.79. The fourth-order valence-electron chi connectivity index (χ4n) is 2.76. The summed E-state index contributed by atoms with van der Waals surface area (Å²) in [6.07, 6.45) is 0.997. The monoisotopic (exact) mass is 527 g/mol. The first-order valence-corrected chi connectivity index (χ1v) is 13.4. The molecule has 3 aromatic carbocycles. The van der Waals surface area contributed by atoms with Crippen LogP contribution in [0, 0.1) is 6.92 Å². The number of carbonyl (C=O) groups is 1. The average Bonchev–Trinajstić information content (AvgIpc) is 2.70. The lowest BCUT2D eigenvalue weighted by Gasteiger charge is -2.11. The molecule has 0 unspecified atom stereocenters. The second-order valence-electron chi connectivity index (χ2n) is 7.12. The van der Waals surface area contributed by atoms with Gasteiger partial charge >= 0.3 is 0 Å². The summed E-state index contributed by atoms with van der Waals surface area (Å²) in [7, 11) is -7.35. The molecule has 174 valence electrons. The van der Waals surface area contributed by atoms with E-state index in [2.05, 4.69) is 14.8 Å². The molecule has 0 aromatic heterocycles. The Balaban J connectivity index is 1.72. The van der Waals surface area contributed by atoms with Crippen LogP contribution < -0.4 is 14.8 Å². The zero-order valence-electron chi connectivity index (χ0n) is 17.4. The van der Waals surface area contributed by atoms with Gasteiger partial charge in [-0.15, -0.1) is 0 Å². The van der Waals surface area contributed by atoms with Crippen molar-refractivity contribution >= 4 is 66.2 Å². The molecule has 0 saturated carbocycles. The fourth-order valence-corrected chi connectivity index (χ4v) is 4.81. The summed E-state index contributed by atoms with van der Waals surface area (Å²) in [6.45, 7) is 1.81. The number of halogens is 2. The molecule has 0 spiro atoms. The minimum atomic E-state index is -3.87. The second kappa shape index (κ2) is 9.60. The molecule has 33 heavy (non-hydrogen) atoms. The van der Waals surface area contributed by atoms with E-state index in [1.807, 2.05) is 6.92 Å². The van der Waals surface area contributed by atoms with Gasteiger partial charge < -0.3 is 5.32 Å². The first kappa shape index (κ1) is 24.8. The summed E-state index contributed by atoms with van der Waals surface area (Å²) in [5, 5.41) is 3.09. The van der Waals surface area contributed by atoms with Crippen LogP contribution in [0.3, 0.4) is 0 Å². The first-order chi connectivity index (χ1) is 15.3. The molecule has 0 heterocycles. The van der Waals surface area contributed by atoms with Crippen molar-refractivity contribution in [3.05, 3.63) is 81.8 Å². The molecule has 0 atom stereocenters. The van der Waals surface area contributed by atoms with Gasteiger partial charge in [-0.1, -0.05) is 29.3 Å². The van der Waals surface area contributed by atoms with Gasteiger partial charge in [-0.2, -0.15) is 0 Å². The predicted molar refractivity (Wildman–Crippen MR) is 131 cm³/mol. The maximum atomic E-state index is 12.6. The SMILES string of the molecule is Cc1ccc(NS(=O)(=O)c2ccc(NC(=O)c3ccc(NS(C)(=O)=O)cc3Cl)cc2)cc1Cl. The Labute approximate surface area is 202 Å². The Morgan fingerprint density at radius 1 is 0.758 bits per heavy atom. The topological polar surface area (TPSA) is 121 Å². The number of benzene rings is 3. The number of aryl methyl sites for hydroxylation is 1. The molecule has 0 fully saturated rings. The van der Waals surface area contributed by atoms with Gasteiger partial charge in [0.15, 0.2) is 0 Å². The number of carbonyl (C=O) groups excluding carboxylic acids is 1. The van der Waals surface area contributed by atoms with E-state index in [-0.39, 0.29) is 21.2 Å². The molecule has 0 aliphatic carbocycles. The van der Waals surface area contributed by atoms with Gasteiger partial charge in [0.1, 0.15) is 0 Å². The smallest absolute Gasteiger partial charge is 0.261 e. The van der Waals surface area contributed by atoms with Crippen molar-refractivity contribution in [3.8, 4) is 0 Å². The van der Waals surface area contributed by atoms with Crippen LogP contribution in [0.4, 0.5) is 17.1 Å². The summed E-state index contributed by atoms with van der Waals surface area (Å²) < 4.78 is 52.6. The molecule has 12 heteroatoms. The Kier molecular flexibility index (Phi) is 7.23. The number of rotatable bonds is 7. The molecule has 8 nitrogen and oxygen atoms in total. The van der Waals surface area contributed by atoms with E-state index in [0.29, 0.717) is 16.4 Å². The maximum absolute atomic E-state index is 12.6. The highest BCUT2D eigenvalue weighted by Crippen LogP contribution is 2.25. The van der Waals surface area contributed by atoms with E-state index in [9.17, 15) is 21.6 Å². The lowest BCUT2D eigenvalue weighted by atomic mass is 10.2. The van der Waals surface area contributed by atoms with Crippen LogP contribution >= 0.6 is 23.2 Å². The Morgan fingerprint density at radius 2 is 1.30 bits per heavy atom. The van der Waals surface area contributed by atoms with Crippen LogP contribution in [0.2, 0.25) is 10.0 Å². The number of nitrogens with one attached hydrogen (secondary N) is 3. The van der Waals surface area contributed by atoms with E-state index in [1.165, 1.54) is 48.5 Å². The van der Waals surface area contributed by atoms with E-state index < -0.39 is 26.0 Å². The second-order valence-corrected chi connectivity index (χ2v) is 11.4. The highest BCUT2D eigenvalue weighted by Gasteiger charge is 2.16.